The van der Waals surface area contributed by atoms with Crippen LogP contribution in [0.2, 0.25) is 0 Å². The van der Waals surface area contributed by atoms with E-state index in [2.05, 4.69) is 4.72 Å². The zero-order valence-corrected chi connectivity index (χ0v) is 10.3. The minimum Gasteiger partial charge on any atom is -0.329 e. The predicted molar refractivity (Wildman–Crippen MR) is 60.3 cm³/mol. The van der Waals surface area contributed by atoms with Gasteiger partial charge in [0.1, 0.15) is 0 Å². The van der Waals surface area contributed by atoms with Crippen molar-refractivity contribution in [3.63, 3.8) is 0 Å². The average Bonchev–Trinajstić information content (AvgIpc) is 2.27. The maximum atomic E-state index is 12.7. The van der Waals surface area contributed by atoms with Crippen molar-refractivity contribution in [1.82, 2.24) is 4.72 Å². The standard InChI is InChI=1S/C10H13F3N2O2S/c1-7(6-14)15-18(16,17)9-5-3-2-4-8(9)10(11,12)13/h2-5,7,15H,6,14H2,1H3/t7-/m1/s1. The van der Waals surface area contributed by atoms with Crippen molar-refractivity contribution in [2.45, 2.75) is 24.0 Å². The maximum absolute atomic E-state index is 12.7. The van der Waals surface area contributed by atoms with Crippen molar-refractivity contribution in [2.75, 3.05) is 6.54 Å². The Kier molecular flexibility index (Phi) is 4.36. The summed E-state index contributed by atoms with van der Waals surface area (Å²) in [6, 6.07) is 3.36. The first-order valence-electron chi connectivity index (χ1n) is 5.07. The second-order valence-corrected chi connectivity index (χ2v) is 5.43. The second-order valence-electron chi connectivity index (χ2n) is 3.75. The van der Waals surface area contributed by atoms with Crippen molar-refractivity contribution in [2.24, 2.45) is 5.73 Å². The van der Waals surface area contributed by atoms with Crippen LogP contribution in [0.4, 0.5) is 13.2 Å². The third-order valence-corrected chi connectivity index (χ3v) is 3.84. The van der Waals surface area contributed by atoms with Crippen molar-refractivity contribution >= 4 is 10.0 Å². The van der Waals surface area contributed by atoms with Gasteiger partial charge >= 0.3 is 6.18 Å². The fraction of sp³-hybridized carbons (Fsp3) is 0.400. The molecule has 3 N–H and O–H groups in total. The van der Waals surface area contributed by atoms with Crippen LogP contribution in [0.1, 0.15) is 12.5 Å². The summed E-state index contributed by atoms with van der Waals surface area (Å²) < 4.78 is 63.7. The highest BCUT2D eigenvalue weighted by atomic mass is 32.2. The molecule has 0 aliphatic rings. The van der Waals surface area contributed by atoms with Gasteiger partial charge in [0.15, 0.2) is 0 Å². The molecule has 102 valence electrons. The minimum atomic E-state index is -4.72. The molecule has 0 bridgehead atoms. The van der Waals surface area contributed by atoms with E-state index in [-0.39, 0.29) is 6.54 Å². The van der Waals surface area contributed by atoms with Crippen molar-refractivity contribution in [1.29, 1.82) is 0 Å². The summed E-state index contributed by atoms with van der Waals surface area (Å²) in [4.78, 5) is -0.794. The Balaban J connectivity index is 3.25. The normalized spacial score (nSPS) is 14.5. The van der Waals surface area contributed by atoms with Crippen LogP contribution >= 0.6 is 0 Å². The van der Waals surface area contributed by atoms with Crippen LogP contribution in [0.15, 0.2) is 29.2 Å². The van der Waals surface area contributed by atoms with Gasteiger partial charge in [-0.2, -0.15) is 13.2 Å². The summed E-state index contributed by atoms with van der Waals surface area (Å²) in [6.07, 6.45) is -4.72. The molecule has 0 saturated carbocycles. The molecule has 8 heteroatoms. The molecule has 0 aromatic heterocycles. The topological polar surface area (TPSA) is 72.2 Å². The molecule has 0 aliphatic heterocycles. The molecule has 4 nitrogen and oxygen atoms in total. The molecule has 1 aromatic carbocycles. The number of nitrogens with two attached hydrogens (primary N) is 1. The summed E-state index contributed by atoms with van der Waals surface area (Å²) >= 11 is 0. The van der Waals surface area contributed by atoms with Crippen molar-refractivity contribution in [3.05, 3.63) is 29.8 Å². The molecule has 0 radical (unpaired) electrons. The van der Waals surface area contributed by atoms with Gasteiger partial charge in [0.05, 0.1) is 10.5 Å². The SMILES string of the molecule is C[C@H](CN)NS(=O)(=O)c1ccccc1C(F)(F)F. The number of alkyl halides is 3. The van der Waals surface area contributed by atoms with Gasteiger partial charge in [0, 0.05) is 12.6 Å². The fourth-order valence-corrected chi connectivity index (χ4v) is 2.80. The Morgan fingerprint density at radius 3 is 2.39 bits per heavy atom. The summed E-state index contributed by atoms with van der Waals surface area (Å²) in [6.45, 7) is 1.46. The number of sulfonamides is 1. The number of benzene rings is 1. The summed E-state index contributed by atoms with van der Waals surface area (Å²) in [5.74, 6) is 0. The molecule has 0 amide bonds. The third kappa shape index (κ3) is 3.44. The lowest BCUT2D eigenvalue weighted by Crippen LogP contribution is -2.38. The lowest BCUT2D eigenvalue weighted by atomic mass is 10.2. The van der Waals surface area contributed by atoms with Crippen molar-refractivity contribution in [3.8, 4) is 0 Å². The van der Waals surface area contributed by atoms with Crippen molar-refractivity contribution < 1.29 is 21.6 Å². The number of halogens is 3. The molecule has 0 fully saturated rings. The van der Waals surface area contributed by atoms with E-state index in [4.69, 9.17) is 5.73 Å². The molecule has 0 unspecified atom stereocenters. The Labute approximate surface area is 103 Å². The number of hydrogen-bond donors (Lipinski definition) is 2. The van der Waals surface area contributed by atoms with Crippen LogP contribution < -0.4 is 10.5 Å². The van der Waals surface area contributed by atoms with Crippen LogP contribution in [-0.4, -0.2) is 21.0 Å². The number of hydrogen-bond acceptors (Lipinski definition) is 3. The van der Waals surface area contributed by atoms with E-state index >= 15 is 0 Å². The van der Waals surface area contributed by atoms with Gasteiger partial charge in [0.25, 0.3) is 0 Å². The number of nitrogens with one attached hydrogen (secondary N) is 1. The highest BCUT2D eigenvalue weighted by Crippen LogP contribution is 2.33. The van der Waals surface area contributed by atoms with Crippen LogP contribution in [0.3, 0.4) is 0 Å². The van der Waals surface area contributed by atoms with E-state index in [0.29, 0.717) is 0 Å². The Hall–Kier alpha value is -1.12. The highest BCUT2D eigenvalue weighted by molar-refractivity contribution is 7.89. The zero-order valence-electron chi connectivity index (χ0n) is 9.53. The molecule has 1 rings (SSSR count). The molecule has 18 heavy (non-hydrogen) atoms. The molecular weight excluding hydrogens is 269 g/mol. The van der Waals surface area contributed by atoms with Gasteiger partial charge in [-0.1, -0.05) is 12.1 Å². The van der Waals surface area contributed by atoms with E-state index in [9.17, 15) is 21.6 Å². The average molecular weight is 282 g/mol. The maximum Gasteiger partial charge on any atom is 0.417 e. The lowest BCUT2D eigenvalue weighted by molar-refractivity contribution is -0.139. The van der Waals surface area contributed by atoms with E-state index in [1.165, 1.54) is 13.0 Å². The van der Waals surface area contributed by atoms with Crippen LogP contribution in [0.5, 0.6) is 0 Å². The smallest absolute Gasteiger partial charge is 0.329 e. The van der Waals surface area contributed by atoms with Crippen LogP contribution in [0.25, 0.3) is 0 Å². The Morgan fingerprint density at radius 2 is 1.89 bits per heavy atom. The first-order chi connectivity index (χ1) is 8.18. The molecular formula is C10H13F3N2O2S. The monoisotopic (exact) mass is 282 g/mol. The van der Waals surface area contributed by atoms with Gasteiger partial charge in [-0.15, -0.1) is 0 Å². The van der Waals surface area contributed by atoms with E-state index < -0.39 is 32.7 Å². The number of rotatable bonds is 4. The molecule has 0 heterocycles. The minimum absolute atomic E-state index is 0.00653. The predicted octanol–water partition coefficient (Wildman–Crippen LogP) is 1.33. The molecule has 1 atom stereocenters. The van der Waals surface area contributed by atoms with Gasteiger partial charge in [-0.3, -0.25) is 0 Å². The quantitative estimate of drug-likeness (QED) is 0.875. The third-order valence-electron chi connectivity index (χ3n) is 2.19. The second kappa shape index (κ2) is 5.25. The largest absolute Gasteiger partial charge is 0.417 e. The summed E-state index contributed by atoms with van der Waals surface area (Å²) in [7, 11) is -4.24. The Morgan fingerprint density at radius 1 is 1.33 bits per heavy atom. The summed E-state index contributed by atoms with van der Waals surface area (Å²) in [5.41, 5.74) is 4.04. The van der Waals surface area contributed by atoms with E-state index in [1.807, 2.05) is 0 Å². The zero-order chi connectivity index (χ0) is 14.0. The van der Waals surface area contributed by atoms with Gasteiger partial charge in [0.2, 0.25) is 10.0 Å². The summed E-state index contributed by atoms with van der Waals surface area (Å²) in [5, 5.41) is 0. The van der Waals surface area contributed by atoms with Crippen LogP contribution in [0, 0.1) is 0 Å². The highest BCUT2D eigenvalue weighted by Gasteiger charge is 2.36. The molecule has 0 saturated heterocycles. The molecule has 1 aromatic rings. The van der Waals surface area contributed by atoms with E-state index in [0.717, 1.165) is 18.2 Å². The van der Waals surface area contributed by atoms with Gasteiger partial charge < -0.3 is 5.73 Å². The molecule has 0 aliphatic carbocycles. The lowest BCUT2D eigenvalue weighted by Gasteiger charge is -2.16. The molecule has 0 spiro atoms. The van der Waals surface area contributed by atoms with Crippen LogP contribution in [-0.2, 0) is 16.2 Å². The first-order valence-corrected chi connectivity index (χ1v) is 6.55. The fourth-order valence-electron chi connectivity index (χ4n) is 1.31. The van der Waals surface area contributed by atoms with E-state index in [1.54, 1.807) is 0 Å². The van der Waals surface area contributed by atoms with Gasteiger partial charge in [-0.05, 0) is 19.1 Å². The van der Waals surface area contributed by atoms with Gasteiger partial charge in [-0.25, -0.2) is 13.1 Å². The Bertz CT molecular complexity index is 514. The first kappa shape index (κ1) is 14.9.